The third-order valence-electron chi connectivity index (χ3n) is 3.09. The molecule has 4 nitrogen and oxygen atoms in total. The molecule has 1 rings (SSSR count). The summed E-state index contributed by atoms with van der Waals surface area (Å²) < 4.78 is 24.5. The summed E-state index contributed by atoms with van der Waals surface area (Å²) in [5, 5.41) is -0.296. The molecule has 0 aliphatic carbocycles. The smallest absolute Gasteiger partial charge is 0.228 e. The first-order chi connectivity index (χ1) is 7.45. The molecule has 0 amide bonds. The number of sulfonamides is 1. The molecular formula is C10H21ClN2O2S. The molecule has 16 heavy (non-hydrogen) atoms. The monoisotopic (exact) mass is 268 g/mol. The predicted octanol–water partition coefficient (Wildman–Crippen LogP) is 1.18. The lowest BCUT2D eigenvalue weighted by Gasteiger charge is -2.31. The van der Waals surface area contributed by atoms with E-state index in [1.165, 1.54) is 4.31 Å². The maximum atomic E-state index is 11.5. The Hall–Kier alpha value is 0.160. The predicted molar refractivity (Wildman–Crippen MR) is 67.1 cm³/mol. The van der Waals surface area contributed by atoms with E-state index in [1.807, 2.05) is 0 Å². The van der Waals surface area contributed by atoms with E-state index in [2.05, 4.69) is 19.0 Å². The molecule has 1 aliphatic heterocycles. The van der Waals surface area contributed by atoms with Crippen molar-refractivity contribution in [1.82, 2.24) is 9.21 Å². The van der Waals surface area contributed by atoms with Crippen LogP contribution in [0.2, 0.25) is 0 Å². The Bertz CT molecular complexity index is 298. The number of halogens is 1. The second kappa shape index (κ2) is 6.19. The summed E-state index contributed by atoms with van der Waals surface area (Å²) in [7, 11) is 0.938. The topological polar surface area (TPSA) is 40.6 Å². The first-order valence-electron chi connectivity index (χ1n) is 5.64. The molecule has 0 N–H and O–H groups in total. The fourth-order valence-electron chi connectivity index (χ4n) is 1.99. The highest BCUT2D eigenvalue weighted by Gasteiger charge is 2.26. The Morgan fingerprint density at radius 3 is 2.31 bits per heavy atom. The maximum absolute atomic E-state index is 11.5. The van der Waals surface area contributed by atoms with Gasteiger partial charge in [-0.2, -0.15) is 0 Å². The third kappa shape index (κ3) is 4.20. The summed E-state index contributed by atoms with van der Waals surface area (Å²) in [6.07, 6.45) is 3.08. The van der Waals surface area contributed by atoms with E-state index in [9.17, 15) is 8.42 Å². The number of nitrogens with zero attached hydrogens (tertiary/aromatic N) is 2. The molecule has 0 aromatic rings. The molecule has 0 spiro atoms. The Labute approximate surface area is 104 Å². The molecular weight excluding hydrogens is 248 g/mol. The Morgan fingerprint density at radius 1 is 1.31 bits per heavy atom. The quantitative estimate of drug-likeness (QED) is 0.703. The Kier molecular flexibility index (Phi) is 5.50. The lowest BCUT2D eigenvalue weighted by Crippen LogP contribution is -2.39. The van der Waals surface area contributed by atoms with Crippen LogP contribution in [0, 0.1) is 5.92 Å². The van der Waals surface area contributed by atoms with Gasteiger partial charge in [-0.05, 0) is 45.8 Å². The highest BCUT2D eigenvalue weighted by atomic mass is 35.5. The molecule has 0 radical (unpaired) electrons. The van der Waals surface area contributed by atoms with Crippen molar-refractivity contribution in [3.63, 3.8) is 0 Å². The van der Waals surface area contributed by atoms with Crippen molar-refractivity contribution in [3.8, 4) is 0 Å². The normalized spacial score (nSPS) is 20.5. The van der Waals surface area contributed by atoms with Crippen LogP contribution in [0.1, 0.15) is 19.3 Å². The van der Waals surface area contributed by atoms with Gasteiger partial charge in [0.05, 0.1) is 0 Å². The van der Waals surface area contributed by atoms with Crippen LogP contribution in [0.4, 0.5) is 0 Å². The lowest BCUT2D eigenvalue weighted by atomic mass is 9.94. The van der Waals surface area contributed by atoms with Crippen molar-refractivity contribution in [1.29, 1.82) is 0 Å². The van der Waals surface area contributed by atoms with Crippen molar-refractivity contribution < 1.29 is 8.42 Å². The number of hydrogen-bond acceptors (Lipinski definition) is 3. The largest absolute Gasteiger partial charge is 0.309 e. The first-order valence-corrected chi connectivity index (χ1v) is 7.78. The Balaban J connectivity index is 2.34. The first kappa shape index (κ1) is 14.2. The Morgan fingerprint density at radius 2 is 1.88 bits per heavy atom. The molecule has 1 saturated heterocycles. The van der Waals surface area contributed by atoms with E-state index in [1.54, 1.807) is 0 Å². The molecule has 0 saturated carbocycles. The molecule has 1 aliphatic rings. The van der Waals surface area contributed by atoms with E-state index in [4.69, 9.17) is 11.6 Å². The SMILES string of the molecule is CN(C)CCC1CCN(S(=O)(=O)CCl)CC1. The van der Waals surface area contributed by atoms with E-state index < -0.39 is 10.0 Å². The highest BCUT2D eigenvalue weighted by molar-refractivity contribution is 7.90. The van der Waals surface area contributed by atoms with Crippen molar-refractivity contribution in [2.45, 2.75) is 19.3 Å². The molecule has 0 atom stereocenters. The highest BCUT2D eigenvalue weighted by Crippen LogP contribution is 2.22. The van der Waals surface area contributed by atoms with Gasteiger partial charge in [0, 0.05) is 13.1 Å². The van der Waals surface area contributed by atoms with Gasteiger partial charge in [-0.1, -0.05) is 0 Å². The van der Waals surface area contributed by atoms with Crippen molar-refractivity contribution in [3.05, 3.63) is 0 Å². The summed E-state index contributed by atoms with van der Waals surface area (Å²) in [4.78, 5) is 2.17. The standard InChI is InChI=1S/C10H21ClN2O2S/c1-12(2)6-3-10-4-7-13(8-5-10)16(14,15)9-11/h10H,3-9H2,1-2H3. The minimum atomic E-state index is -3.19. The number of rotatable bonds is 5. The average molecular weight is 269 g/mol. The summed E-state index contributed by atoms with van der Waals surface area (Å²) in [5.74, 6) is 0.657. The van der Waals surface area contributed by atoms with E-state index in [-0.39, 0.29) is 5.21 Å². The van der Waals surface area contributed by atoms with Gasteiger partial charge in [-0.3, -0.25) is 0 Å². The van der Waals surface area contributed by atoms with E-state index in [0.29, 0.717) is 19.0 Å². The van der Waals surface area contributed by atoms with Gasteiger partial charge in [0.1, 0.15) is 5.21 Å². The van der Waals surface area contributed by atoms with Crippen LogP contribution in [-0.4, -0.2) is 56.6 Å². The van der Waals surface area contributed by atoms with Gasteiger partial charge >= 0.3 is 0 Å². The van der Waals surface area contributed by atoms with Crippen LogP contribution in [0.25, 0.3) is 0 Å². The minimum Gasteiger partial charge on any atom is -0.309 e. The molecule has 6 heteroatoms. The fourth-order valence-corrected chi connectivity index (χ4v) is 3.31. The van der Waals surface area contributed by atoms with Gasteiger partial charge in [0.15, 0.2) is 0 Å². The van der Waals surface area contributed by atoms with E-state index in [0.717, 1.165) is 25.8 Å². The second-order valence-electron chi connectivity index (χ2n) is 4.66. The molecule has 0 aromatic heterocycles. The van der Waals surface area contributed by atoms with Crippen molar-refractivity contribution in [2.75, 3.05) is 38.9 Å². The second-order valence-corrected chi connectivity index (χ2v) is 7.21. The molecule has 0 unspecified atom stereocenters. The maximum Gasteiger partial charge on any atom is 0.228 e. The molecule has 1 fully saturated rings. The molecule has 96 valence electrons. The van der Waals surface area contributed by atoms with Crippen LogP contribution in [0.3, 0.4) is 0 Å². The lowest BCUT2D eigenvalue weighted by molar-refractivity contribution is 0.244. The molecule has 0 aromatic carbocycles. The molecule has 0 bridgehead atoms. The van der Waals surface area contributed by atoms with Gasteiger partial charge in [-0.15, -0.1) is 11.6 Å². The summed E-state index contributed by atoms with van der Waals surface area (Å²) in [5.41, 5.74) is 0. The zero-order chi connectivity index (χ0) is 12.2. The summed E-state index contributed by atoms with van der Waals surface area (Å²) in [6.45, 7) is 2.34. The van der Waals surface area contributed by atoms with Gasteiger partial charge in [-0.25, -0.2) is 12.7 Å². The third-order valence-corrected chi connectivity index (χ3v) is 5.34. The fraction of sp³-hybridized carbons (Fsp3) is 1.00. The average Bonchev–Trinajstić information content (AvgIpc) is 2.27. The summed E-state index contributed by atoms with van der Waals surface area (Å²) >= 11 is 5.43. The number of hydrogen-bond donors (Lipinski definition) is 0. The van der Waals surface area contributed by atoms with Crippen LogP contribution >= 0.6 is 11.6 Å². The van der Waals surface area contributed by atoms with Crippen molar-refractivity contribution in [2.24, 2.45) is 5.92 Å². The van der Waals surface area contributed by atoms with Crippen LogP contribution in [0.5, 0.6) is 0 Å². The van der Waals surface area contributed by atoms with Crippen LogP contribution in [-0.2, 0) is 10.0 Å². The minimum absolute atomic E-state index is 0.296. The van der Waals surface area contributed by atoms with Crippen LogP contribution in [0.15, 0.2) is 0 Å². The summed E-state index contributed by atoms with van der Waals surface area (Å²) in [6, 6.07) is 0. The van der Waals surface area contributed by atoms with Crippen LogP contribution < -0.4 is 0 Å². The van der Waals surface area contributed by atoms with Gasteiger partial charge < -0.3 is 4.90 Å². The van der Waals surface area contributed by atoms with E-state index >= 15 is 0 Å². The zero-order valence-corrected chi connectivity index (χ0v) is 11.6. The van der Waals surface area contributed by atoms with Gasteiger partial charge in [0.25, 0.3) is 0 Å². The van der Waals surface area contributed by atoms with Crippen molar-refractivity contribution >= 4 is 21.6 Å². The zero-order valence-electron chi connectivity index (χ0n) is 10.0. The number of piperidine rings is 1. The number of alkyl halides is 1. The van der Waals surface area contributed by atoms with Gasteiger partial charge in [0.2, 0.25) is 10.0 Å². The molecule has 1 heterocycles.